The van der Waals surface area contributed by atoms with Crippen molar-refractivity contribution in [1.82, 2.24) is 30.7 Å². The quantitative estimate of drug-likeness (QED) is 0.138. The smallest absolute Gasteiger partial charge is 0.410 e. The van der Waals surface area contributed by atoms with E-state index in [1.54, 1.807) is 49.9 Å². The number of benzene rings is 1. The van der Waals surface area contributed by atoms with Crippen LogP contribution in [0.25, 0.3) is 0 Å². The third kappa shape index (κ3) is 13.1. The number of rotatable bonds is 23. The van der Waals surface area contributed by atoms with E-state index in [1.807, 2.05) is 92.6 Å². The molecule has 1 aromatic carbocycles. The van der Waals surface area contributed by atoms with Gasteiger partial charge >= 0.3 is 6.09 Å². The van der Waals surface area contributed by atoms with Crippen molar-refractivity contribution in [3.63, 3.8) is 0 Å². The third-order valence-electron chi connectivity index (χ3n) is 12.0. The molecule has 1 saturated heterocycles. The fourth-order valence-electron chi connectivity index (χ4n) is 8.25. The van der Waals surface area contributed by atoms with Gasteiger partial charge in [-0.25, -0.2) is 4.79 Å². The van der Waals surface area contributed by atoms with Gasteiger partial charge in [0.1, 0.15) is 12.1 Å². The van der Waals surface area contributed by atoms with Crippen LogP contribution < -0.4 is 16.0 Å². The number of carbonyl (C=O) groups is 5. The Morgan fingerprint density at radius 2 is 1.45 bits per heavy atom. The summed E-state index contributed by atoms with van der Waals surface area (Å²) in [7, 11) is 6.57. The lowest BCUT2D eigenvalue weighted by molar-refractivity contribution is -0.148. The topological polar surface area (TPSA) is 159 Å². The lowest BCUT2D eigenvalue weighted by Gasteiger charge is -2.41. The first-order valence-corrected chi connectivity index (χ1v) is 21.3. The second-order valence-corrected chi connectivity index (χ2v) is 16.5. The minimum Gasteiger partial charge on any atom is -0.439 e. The molecule has 2 rings (SSSR count). The molecule has 1 heterocycles. The Labute approximate surface area is 348 Å². The molecule has 5 amide bonds. The highest BCUT2D eigenvalue weighted by Crippen LogP contribution is 2.30. The van der Waals surface area contributed by atoms with E-state index in [-0.39, 0.29) is 53.8 Å². The van der Waals surface area contributed by atoms with Gasteiger partial charge in [-0.15, -0.1) is 0 Å². The molecule has 0 spiro atoms. The highest BCUT2D eigenvalue weighted by molar-refractivity contribution is 5.90. The maximum absolute atomic E-state index is 14.3. The first kappa shape index (κ1) is 50.4. The molecule has 0 aliphatic carbocycles. The van der Waals surface area contributed by atoms with Gasteiger partial charge in [-0.3, -0.25) is 19.2 Å². The van der Waals surface area contributed by atoms with Gasteiger partial charge in [0.25, 0.3) is 0 Å². The zero-order valence-corrected chi connectivity index (χ0v) is 37.9. The molecule has 0 bridgehead atoms. The van der Waals surface area contributed by atoms with Crippen molar-refractivity contribution in [2.45, 2.75) is 143 Å². The number of methoxy groups -OCH3 is 2. The normalized spacial score (nSPS) is 19.0. The van der Waals surface area contributed by atoms with Crippen LogP contribution >= 0.6 is 0 Å². The third-order valence-corrected chi connectivity index (χ3v) is 12.0. The Bertz CT molecular complexity index is 1440. The van der Waals surface area contributed by atoms with Crippen molar-refractivity contribution < 1.29 is 38.2 Å². The molecule has 14 nitrogen and oxygen atoms in total. The van der Waals surface area contributed by atoms with Gasteiger partial charge in [-0.2, -0.15) is 0 Å². The number of ether oxygens (including phenoxy) is 3. The van der Waals surface area contributed by atoms with Gasteiger partial charge < -0.3 is 44.9 Å². The van der Waals surface area contributed by atoms with Crippen LogP contribution in [-0.4, -0.2) is 135 Å². The molecular formula is C44H76N6O8. The Hall–Kier alpha value is -3.75. The Morgan fingerprint density at radius 3 is 1.95 bits per heavy atom. The van der Waals surface area contributed by atoms with Crippen LogP contribution in [0, 0.1) is 23.7 Å². The molecular weight excluding hydrogens is 741 g/mol. The Kier molecular flexibility index (Phi) is 21.2. The van der Waals surface area contributed by atoms with E-state index >= 15 is 0 Å². The van der Waals surface area contributed by atoms with Crippen molar-refractivity contribution in [2.75, 3.05) is 47.9 Å². The summed E-state index contributed by atoms with van der Waals surface area (Å²) in [6, 6.07) is 6.71. The molecule has 1 aliphatic rings. The molecule has 10 atom stereocenters. The highest BCUT2D eigenvalue weighted by Gasteiger charge is 2.43. The van der Waals surface area contributed by atoms with Crippen LogP contribution in [0.5, 0.6) is 0 Å². The van der Waals surface area contributed by atoms with Crippen LogP contribution in [0.2, 0.25) is 0 Å². The zero-order valence-electron chi connectivity index (χ0n) is 37.9. The fourth-order valence-corrected chi connectivity index (χ4v) is 8.25. The van der Waals surface area contributed by atoms with Gasteiger partial charge in [0.2, 0.25) is 23.6 Å². The summed E-state index contributed by atoms with van der Waals surface area (Å²) in [6.07, 6.45) is -0.324. The molecule has 1 aromatic rings. The molecule has 0 radical (unpaired) electrons. The highest BCUT2D eigenvalue weighted by atomic mass is 16.6. The number of likely N-dealkylation sites (N-methyl/N-ethyl adjacent to an activating group) is 2. The van der Waals surface area contributed by atoms with E-state index in [4.69, 9.17) is 14.2 Å². The number of hydrogen-bond acceptors (Lipinski definition) is 9. The molecule has 14 heteroatoms. The molecule has 330 valence electrons. The van der Waals surface area contributed by atoms with Crippen molar-refractivity contribution in [3.8, 4) is 0 Å². The van der Waals surface area contributed by atoms with E-state index in [0.717, 1.165) is 18.4 Å². The number of hydrogen-bond donors (Lipinski definition) is 3. The first-order chi connectivity index (χ1) is 27.4. The average Bonchev–Trinajstić information content (AvgIpc) is 3.68. The number of amides is 5. The Balaban J connectivity index is 2.29. The van der Waals surface area contributed by atoms with Crippen LogP contribution in [0.4, 0.5) is 4.79 Å². The number of nitrogens with zero attached hydrogens (tertiary/aromatic N) is 3. The van der Waals surface area contributed by atoms with E-state index < -0.39 is 54.5 Å². The van der Waals surface area contributed by atoms with Gasteiger partial charge in [0.05, 0.1) is 48.7 Å². The summed E-state index contributed by atoms with van der Waals surface area (Å²) >= 11 is 0. The summed E-state index contributed by atoms with van der Waals surface area (Å²) in [5.41, 5.74) is 0.757. The number of likely N-dealkylation sites (tertiary alicyclic amines) is 1. The van der Waals surface area contributed by atoms with Crippen molar-refractivity contribution in [1.29, 1.82) is 0 Å². The summed E-state index contributed by atoms with van der Waals surface area (Å²) in [4.78, 5) is 73.8. The van der Waals surface area contributed by atoms with Crippen LogP contribution in [0.15, 0.2) is 30.3 Å². The first-order valence-electron chi connectivity index (χ1n) is 21.3. The second-order valence-electron chi connectivity index (χ2n) is 16.5. The second kappa shape index (κ2) is 24.4. The van der Waals surface area contributed by atoms with Gasteiger partial charge in [-0.1, -0.05) is 85.2 Å². The molecule has 1 aliphatic heterocycles. The molecule has 58 heavy (non-hydrogen) atoms. The number of nitrogens with one attached hydrogen (secondary N) is 3. The predicted octanol–water partition coefficient (Wildman–Crippen LogP) is 5.02. The summed E-state index contributed by atoms with van der Waals surface area (Å²) in [5, 5.41) is 9.12. The largest absolute Gasteiger partial charge is 0.439 e. The minimum absolute atomic E-state index is 0.0121. The van der Waals surface area contributed by atoms with Crippen LogP contribution in [0.3, 0.4) is 0 Å². The molecule has 0 aromatic heterocycles. The average molecular weight is 817 g/mol. The van der Waals surface area contributed by atoms with Crippen LogP contribution in [-0.2, 0) is 33.4 Å². The maximum Gasteiger partial charge on any atom is 0.410 e. The zero-order chi connectivity index (χ0) is 43.9. The van der Waals surface area contributed by atoms with Gasteiger partial charge in [0.15, 0.2) is 0 Å². The standard InChI is InChI=1S/C44H76N6O8/c1-15-29(8)38(48(12)43(54)37(28(6)7)47-42(53)36(45-11)27(4)5)34(56-13)26-35(51)50-25-21-24-33(50)39(57-14)30(9)41(52)46-31(10)40(32-22-19-18-20-23-32)58-44(55)49(16-2)17-3/h18-20,22-23,27-31,33-34,36-40,45H,15-17,21,24-26H2,1-14H3,(H,46,52)(H,47,53)/t29-,30+,31+,33-,34?,36-,37-,38-,39+,40+/m0/s1. The summed E-state index contributed by atoms with van der Waals surface area (Å²) in [6.45, 7) is 20.6. The molecule has 0 saturated carbocycles. The summed E-state index contributed by atoms with van der Waals surface area (Å²) in [5.74, 6) is -1.77. The van der Waals surface area contributed by atoms with E-state index in [0.29, 0.717) is 26.1 Å². The number of carbonyl (C=O) groups excluding carboxylic acids is 5. The fraction of sp³-hybridized carbons (Fsp3) is 0.750. The van der Waals surface area contributed by atoms with E-state index in [1.165, 1.54) is 0 Å². The Morgan fingerprint density at radius 1 is 0.845 bits per heavy atom. The van der Waals surface area contributed by atoms with E-state index in [2.05, 4.69) is 16.0 Å². The van der Waals surface area contributed by atoms with Crippen LogP contribution in [0.1, 0.15) is 107 Å². The lowest BCUT2D eigenvalue weighted by Crippen LogP contribution is -2.59. The van der Waals surface area contributed by atoms with Gasteiger partial charge in [0, 0.05) is 40.9 Å². The van der Waals surface area contributed by atoms with Crippen molar-refractivity contribution in [3.05, 3.63) is 35.9 Å². The minimum atomic E-state index is -0.773. The molecule has 1 unspecified atom stereocenters. The SMILES string of the molecule is CC[C@H](C)[C@@H](C(CC(=O)N1CCC[C@H]1[C@H](OC)[C@@H](C)C(=O)N[C@H](C)[C@@H](OC(=O)N(CC)CC)c1ccccc1)OC)N(C)C(=O)[C@@H](NC(=O)[C@@H](NC)C(C)C)C(C)C. The molecule has 1 fully saturated rings. The van der Waals surface area contributed by atoms with Crippen molar-refractivity contribution in [2.24, 2.45) is 23.7 Å². The molecule has 3 N–H and O–H groups in total. The summed E-state index contributed by atoms with van der Waals surface area (Å²) < 4.78 is 18.0. The lowest BCUT2D eigenvalue weighted by atomic mass is 9.89. The maximum atomic E-state index is 14.3. The van der Waals surface area contributed by atoms with E-state index in [9.17, 15) is 24.0 Å². The monoisotopic (exact) mass is 817 g/mol. The van der Waals surface area contributed by atoms with Crippen molar-refractivity contribution >= 4 is 29.7 Å². The van der Waals surface area contributed by atoms with Gasteiger partial charge in [-0.05, 0) is 64.0 Å². The predicted molar refractivity (Wildman–Crippen MR) is 227 cm³/mol.